The molecule has 90 valence electrons. The van der Waals surface area contributed by atoms with Gasteiger partial charge in [-0.05, 0) is 24.6 Å². The Balaban J connectivity index is 2.32. The monoisotopic (exact) mass is 241 g/mol. The molecule has 0 fully saturated rings. The number of hydrogen-bond acceptors (Lipinski definition) is 4. The number of aryl methyl sites for hydroxylation is 1. The van der Waals surface area contributed by atoms with Crippen LogP contribution in [0.2, 0.25) is 0 Å². The Bertz CT molecular complexity index is 787. The minimum Gasteiger partial charge on any atom is -0.397 e. The van der Waals surface area contributed by atoms with Crippen LogP contribution in [0.15, 0.2) is 35.6 Å². The molecule has 0 aliphatic rings. The van der Waals surface area contributed by atoms with E-state index >= 15 is 0 Å². The Morgan fingerprint density at radius 3 is 2.94 bits per heavy atom. The maximum atomic E-state index is 11.6. The lowest BCUT2D eigenvalue weighted by Gasteiger charge is -2.06. The average molecular weight is 241 g/mol. The van der Waals surface area contributed by atoms with Gasteiger partial charge in [0.25, 0.3) is 5.56 Å². The van der Waals surface area contributed by atoms with E-state index in [2.05, 4.69) is 15.1 Å². The number of aromatic amines is 1. The van der Waals surface area contributed by atoms with Gasteiger partial charge in [-0.2, -0.15) is 5.10 Å². The van der Waals surface area contributed by atoms with Crippen LogP contribution in [-0.4, -0.2) is 19.7 Å². The molecule has 2 aromatic heterocycles. The van der Waals surface area contributed by atoms with E-state index in [0.717, 1.165) is 5.56 Å². The summed E-state index contributed by atoms with van der Waals surface area (Å²) in [7, 11) is 0. The molecule has 0 radical (unpaired) electrons. The van der Waals surface area contributed by atoms with Crippen LogP contribution in [-0.2, 0) is 0 Å². The fourth-order valence-corrected chi connectivity index (χ4v) is 1.86. The van der Waals surface area contributed by atoms with Gasteiger partial charge in [0.05, 0.1) is 34.8 Å². The Morgan fingerprint density at radius 1 is 1.39 bits per heavy atom. The van der Waals surface area contributed by atoms with Crippen LogP contribution in [0, 0.1) is 6.92 Å². The number of nitrogens with two attached hydrogens (primary N) is 1. The first kappa shape index (κ1) is 10.5. The number of benzene rings is 1. The van der Waals surface area contributed by atoms with Crippen molar-refractivity contribution in [2.75, 3.05) is 5.73 Å². The van der Waals surface area contributed by atoms with Gasteiger partial charge in [0.2, 0.25) is 0 Å². The molecular weight excluding hydrogens is 230 g/mol. The molecule has 0 atom stereocenters. The van der Waals surface area contributed by atoms with Gasteiger partial charge in [0.15, 0.2) is 0 Å². The van der Waals surface area contributed by atoms with E-state index in [1.165, 1.54) is 6.33 Å². The standard InChI is InChI=1S/C12H11N5O/c1-7-4-16-17(5-7)11-3-10-8(2-9(11)13)12(18)15-6-14-10/h2-6H,13H2,1H3,(H,14,15,18). The SMILES string of the molecule is Cc1cnn(-c2cc3nc[nH]c(=O)c3cc2N)c1. The Kier molecular flexibility index (Phi) is 2.16. The molecule has 0 bridgehead atoms. The second-order valence-electron chi connectivity index (χ2n) is 4.12. The van der Waals surface area contributed by atoms with Gasteiger partial charge in [0, 0.05) is 6.20 Å². The van der Waals surface area contributed by atoms with Crippen LogP contribution in [0.25, 0.3) is 16.6 Å². The minimum atomic E-state index is -0.199. The lowest BCUT2D eigenvalue weighted by molar-refractivity contribution is 0.883. The smallest absolute Gasteiger partial charge is 0.258 e. The molecule has 0 amide bonds. The van der Waals surface area contributed by atoms with E-state index in [9.17, 15) is 4.79 Å². The third-order valence-corrected chi connectivity index (χ3v) is 2.75. The van der Waals surface area contributed by atoms with Crippen LogP contribution in [0.5, 0.6) is 0 Å². The maximum Gasteiger partial charge on any atom is 0.258 e. The van der Waals surface area contributed by atoms with Crippen molar-refractivity contribution in [2.45, 2.75) is 6.92 Å². The first-order chi connectivity index (χ1) is 8.65. The van der Waals surface area contributed by atoms with E-state index in [1.54, 1.807) is 23.0 Å². The number of hydrogen-bond donors (Lipinski definition) is 2. The van der Waals surface area contributed by atoms with Gasteiger partial charge in [-0.1, -0.05) is 0 Å². The molecule has 18 heavy (non-hydrogen) atoms. The number of nitrogens with one attached hydrogen (secondary N) is 1. The highest BCUT2D eigenvalue weighted by molar-refractivity contribution is 5.85. The van der Waals surface area contributed by atoms with E-state index in [4.69, 9.17) is 5.73 Å². The Morgan fingerprint density at radius 2 is 2.22 bits per heavy atom. The van der Waals surface area contributed by atoms with Crippen molar-refractivity contribution in [1.29, 1.82) is 0 Å². The number of nitrogen functional groups attached to an aromatic ring is 1. The number of nitrogens with zero attached hydrogens (tertiary/aromatic N) is 3. The number of H-pyrrole nitrogens is 1. The van der Waals surface area contributed by atoms with Crippen molar-refractivity contribution in [3.8, 4) is 5.69 Å². The molecule has 2 heterocycles. The maximum absolute atomic E-state index is 11.6. The summed E-state index contributed by atoms with van der Waals surface area (Å²) >= 11 is 0. The quantitative estimate of drug-likeness (QED) is 0.622. The van der Waals surface area contributed by atoms with Gasteiger partial charge in [0.1, 0.15) is 0 Å². The largest absolute Gasteiger partial charge is 0.397 e. The zero-order chi connectivity index (χ0) is 12.7. The van der Waals surface area contributed by atoms with Gasteiger partial charge < -0.3 is 10.7 Å². The van der Waals surface area contributed by atoms with E-state index < -0.39 is 0 Å². The molecular formula is C12H11N5O. The van der Waals surface area contributed by atoms with Gasteiger partial charge in [-0.25, -0.2) is 9.67 Å². The molecule has 0 unspecified atom stereocenters. The summed E-state index contributed by atoms with van der Waals surface area (Å²) in [6.45, 7) is 1.95. The lowest BCUT2D eigenvalue weighted by Crippen LogP contribution is -2.08. The molecule has 1 aromatic carbocycles. The van der Waals surface area contributed by atoms with Crippen LogP contribution in [0.1, 0.15) is 5.56 Å². The van der Waals surface area contributed by atoms with Crippen molar-refractivity contribution in [3.63, 3.8) is 0 Å². The second-order valence-corrected chi connectivity index (χ2v) is 4.12. The number of anilines is 1. The summed E-state index contributed by atoms with van der Waals surface area (Å²) < 4.78 is 1.67. The molecule has 6 nitrogen and oxygen atoms in total. The van der Waals surface area contributed by atoms with Crippen LogP contribution in [0.3, 0.4) is 0 Å². The molecule has 0 spiro atoms. The summed E-state index contributed by atoms with van der Waals surface area (Å²) in [4.78, 5) is 18.3. The minimum absolute atomic E-state index is 0.199. The topological polar surface area (TPSA) is 89.6 Å². The molecule has 6 heteroatoms. The molecule has 0 saturated heterocycles. The highest BCUT2D eigenvalue weighted by Gasteiger charge is 2.08. The number of fused-ring (bicyclic) bond motifs is 1. The third-order valence-electron chi connectivity index (χ3n) is 2.75. The first-order valence-electron chi connectivity index (χ1n) is 5.44. The fourth-order valence-electron chi connectivity index (χ4n) is 1.86. The van der Waals surface area contributed by atoms with Gasteiger partial charge >= 0.3 is 0 Å². The normalized spacial score (nSPS) is 10.9. The van der Waals surface area contributed by atoms with Crippen LogP contribution in [0.4, 0.5) is 5.69 Å². The predicted octanol–water partition coefficient (Wildman–Crippen LogP) is 0.999. The zero-order valence-corrected chi connectivity index (χ0v) is 9.71. The number of aromatic nitrogens is 4. The highest BCUT2D eigenvalue weighted by Crippen LogP contribution is 2.21. The van der Waals surface area contributed by atoms with Crippen molar-refractivity contribution in [3.05, 3.63) is 46.8 Å². The van der Waals surface area contributed by atoms with Crippen molar-refractivity contribution >= 4 is 16.6 Å². The molecule has 3 N–H and O–H groups in total. The van der Waals surface area contributed by atoms with Crippen molar-refractivity contribution < 1.29 is 0 Å². The number of rotatable bonds is 1. The predicted molar refractivity (Wildman–Crippen MR) is 68.6 cm³/mol. The molecule has 0 aliphatic carbocycles. The van der Waals surface area contributed by atoms with Crippen LogP contribution >= 0.6 is 0 Å². The molecule has 3 aromatic rings. The third kappa shape index (κ3) is 1.55. The fraction of sp³-hybridized carbons (Fsp3) is 0.0833. The van der Waals surface area contributed by atoms with E-state index in [0.29, 0.717) is 22.3 Å². The lowest BCUT2D eigenvalue weighted by atomic mass is 10.2. The molecule has 0 aliphatic heterocycles. The molecule has 0 saturated carbocycles. The Labute approximate surface area is 102 Å². The average Bonchev–Trinajstić information content (AvgIpc) is 2.76. The summed E-state index contributed by atoms with van der Waals surface area (Å²) in [5, 5.41) is 4.67. The van der Waals surface area contributed by atoms with E-state index in [-0.39, 0.29) is 5.56 Å². The van der Waals surface area contributed by atoms with Gasteiger partial charge in [-0.3, -0.25) is 4.79 Å². The highest BCUT2D eigenvalue weighted by atomic mass is 16.1. The second kappa shape index (κ2) is 3.69. The van der Waals surface area contributed by atoms with Crippen molar-refractivity contribution in [2.24, 2.45) is 0 Å². The summed E-state index contributed by atoms with van der Waals surface area (Å²) in [5.74, 6) is 0. The van der Waals surface area contributed by atoms with E-state index in [1.807, 2.05) is 13.1 Å². The molecule has 3 rings (SSSR count). The van der Waals surface area contributed by atoms with Gasteiger partial charge in [-0.15, -0.1) is 0 Å². The summed E-state index contributed by atoms with van der Waals surface area (Å²) in [6, 6.07) is 3.37. The Hall–Kier alpha value is -2.63. The van der Waals surface area contributed by atoms with Crippen molar-refractivity contribution in [1.82, 2.24) is 19.7 Å². The van der Waals surface area contributed by atoms with Crippen LogP contribution < -0.4 is 11.3 Å². The first-order valence-corrected chi connectivity index (χ1v) is 5.44. The summed E-state index contributed by atoms with van der Waals surface area (Å²) in [5.41, 5.74) is 8.59. The summed E-state index contributed by atoms with van der Waals surface area (Å²) in [6.07, 6.45) is 4.98. The zero-order valence-electron chi connectivity index (χ0n) is 9.71.